The summed E-state index contributed by atoms with van der Waals surface area (Å²) in [5, 5.41) is 12.7. The Morgan fingerprint density at radius 1 is 1.33 bits per heavy atom. The van der Waals surface area contributed by atoms with Crippen LogP contribution in [0, 0.1) is 0 Å². The van der Waals surface area contributed by atoms with E-state index in [1.54, 1.807) is 0 Å². The van der Waals surface area contributed by atoms with Crippen LogP contribution in [0.5, 0.6) is 0 Å². The molecular weight excluding hydrogens is 268 g/mol. The minimum Gasteiger partial charge on any atom is -0.480 e. The van der Waals surface area contributed by atoms with Crippen molar-refractivity contribution in [2.45, 2.75) is 64.5 Å². The predicted octanol–water partition coefficient (Wildman–Crippen LogP) is 2.11. The molecule has 0 aromatic carbocycles. The molecule has 1 saturated carbocycles. The largest absolute Gasteiger partial charge is 0.480 e. The van der Waals surface area contributed by atoms with Gasteiger partial charge in [-0.15, -0.1) is 0 Å². The normalized spacial score (nSPS) is 17.9. The molecule has 1 fully saturated rings. The highest BCUT2D eigenvalue weighted by molar-refractivity contribution is 5.78. The van der Waals surface area contributed by atoms with Gasteiger partial charge >= 0.3 is 5.97 Å². The first-order chi connectivity index (χ1) is 10.0. The molecule has 0 amide bonds. The Morgan fingerprint density at radius 3 is 2.57 bits per heavy atom. The van der Waals surface area contributed by atoms with E-state index in [4.69, 9.17) is 4.74 Å². The number of rotatable bonds is 13. The number of ether oxygens (including phenoxy) is 1. The molecule has 1 aliphatic rings. The lowest BCUT2D eigenvalue weighted by atomic mass is 9.94. The van der Waals surface area contributed by atoms with E-state index in [1.807, 2.05) is 13.8 Å². The molecule has 0 bridgehead atoms. The second-order valence-electron chi connectivity index (χ2n) is 6.14. The maximum Gasteiger partial charge on any atom is 0.323 e. The number of hydrogen-bond donors (Lipinski definition) is 2. The number of nitrogens with one attached hydrogen (secondary N) is 1. The molecule has 1 aliphatic carbocycles. The average molecular weight is 300 g/mol. The van der Waals surface area contributed by atoms with Gasteiger partial charge in [-0.1, -0.05) is 6.92 Å². The van der Waals surface area contributed by atoms with Gasteiger partial charge < -0.3 is 14.7 Å². The molecule has 1 unspecified atom stereocenters. The molecule has 2 N–H and O–H groups in total. The SMILES string of the molecule is CCOCCN(CC)CCCCC(C)(NC1CC1)C(=O)O. The number of carboxylic acids is 1. The predicted molar refractivity (Wildman–Crippen MR) is 84.7 cm³/mol. The van der Waals surface area contributed by atoms with Crippen LogP contribution in [0.3, 0.4) is 0 Å². The van der Waals surface area contributed by atoms with E-state index in [9.17, 15) is 9.90 Å². The summed E-state index contributed by atoms with van der Waals surface area (Å²) in [6, 6.07) is 0.421. The van der Waals surface area contributed by atoms with Crippen LogP contribution < -0.4 is 5.32 Å². The van der Waals surface area contributed by atoms with Crippen LogP contribution in [0.4, 0.5) is 0 Å². The van der Waals surface area contributed by atoms with Gasteiger partial charge in [0.05, 0.1) is 6.61 Å². The van der Waals surface area contributed by atoms with Gasteiger partial charge in [-0.25, -0.2) is 0 Å². The minimum atomic E-state index is -0.760. The number of aliphatic carboxylic acids is 1. The molecule has 0 aromatic rings. The summed E-state index contributed by atoms with van der Waals surface area (Å²) in [4.78, 5) is 13.8. The summed E-state index contributed by atoms with van der Waals surface area (Å²) < 4.78 is 5.38. The Morgan fingerprint density at radius 2 is 2.05 bits per heavy atom. The zero-order chi connectivity index (χ0) is 15.7. The highest BCUT2D eigenvalue weighted by atomic mass is 16.5. The standard InChI is InChI=1S/C16H32N2O3/c1-4-18(12-13-21-5-2)11-7-6-10-16(3,15(19)20)17-14-8-9-14/h14,17H,4-13H2,1-3H3,(H,19,20). The summed E-state index contributed by atoms with van der Waals surface area (Å²) in [5.41, 5.74) is -0.760. The van der Waals surface area contributed by atoms with Gasteiger partial charge in [0.2, 0.25) is 0 Å². The molecule has 0 spiro atoms. The van der Waals surface area contributed by atoms with Crippen molar-refractivity contribution in [2.75, 3.05) is 32.8 Å². The molecule has 1 atom stereocenters. The van der Waals surface area contributed by atoms with Crippen LogP contribution in [-0.4, -0.2) is 60.4 Å². The Bertz CT molecular complexity index is 308. The number of likely N-dealkylation sites (N-methyl/N-ethyl adjacent to an activating group) is 1. The van der Waals surface area contributed by atoms with Gasteiger partial charge in [-0.2, -0.15) is 0 Å². The van der Waals surface area contributed by atoms with Gasteiger partial charge in [0, 0.05) is 19.2 Å². The van der Waals surface area contributed by atoms with Crippen LogP contribution in [0.15, 0.2) is 0 Å². The van der Waals surface area contributed by atoms with Crippen LogP contribution in [0.1, 0.15) is 52.9 Å². The molecule has 0 saturated heterocycles. The smallest absolute Gasteiger partial charge is 0.323 e. The molecule has 124 valence electrons. The fourth-order valence-corrected chi connectivity index (χ4v) is 2.50. The fourth-order valence-electron chi connectivity index (χ4n) is 2.50. The molecule has 5 nitrogen and oxygen atoms in total. The Balaban J connectivity index is 2.21. The van der Waals surface area contributed by atoms with Gasteiger partial charge in [0.1, 0.15) is 5.54 Å². The Kier molecular flexibility index (Phi) is 8.22. The van der Waals surface area contributed by atoms with Gasteiger partial charge in [0.15, 0.2) is 0 Å². The van der Waals surface area contributed by atoms with Crippen LogP contribution >= 0.6 is 0 Å². The van der Waals surface area contributed by atoms with Crippen LogP contribution in [0.2, 0.25) is 0 Å². The molecule has 0 aromatic heterocycles. The monoisotopic (exact) mass is 300 g/mol. The first-order valence-corrected chi connectivity index (χ1v) is 8.33. The van der Waals surface area contributed by atoms with Crippen molar-refractivity contribution in [2.24, 2.45) is 0 Å². The fraction of sp³-hybridized carbons (Fsp3) is 0.938. The number of hydrogen-bond acceptors (Lipinski definition) is 4. The molecule has 0 heterocycles. The second-order valence-corrected chi connectivity index (χ2v) is 6.14. The van der Waals surface area contributed by atoms with Crippen LogP contribution in [0.25, 0.3) is 0 Å². The van der Waals surface area contributed by atoms with E-state index in [2.05, 4.69) is 17.1 Å². The summed E-state index contributed by atoms with van der Waals surface area (Å²) in [5.74, 6) is -0.724. The molecule has 0 aliphatic heterocycles. The molecule has 1 rings (SSSR count). The van der Waals surface area contributed by atoms with Gasteiger partial charge in [-0.3, -0.25) is 10.1 Å². The molecule has 5 heteroatoms. The third kappa shape index (κ3) is 7.25. The first kappa shape index (κ1) is 18.4. The minimum absolute atomic E-state index is 0.421. The first-order valence-electron chi connectivity index (χ1n) is 8.33. The third-order valence-electron chi connectivity index (χ3n) is 4.18. The van der Waals surface area contributed by atoms with Crippen molar-refractivity contribution in [1.82, 2.24) is 10.2 Å². The van der Waals surface area contributed by atoms with Gasteiger partial charge in [-0.05, 0) is 59.0 Å². The number of carboxylic acid groups (broad SMARTS) is 1. The van der Waals surface area contributed by atoms with Crippen molar-refractivity contribution in [3.63, 3.8) is 0 Å². The lowest BCUT2D eigenvalue weighted by Gasteiger charge is -2.27. The number of nitrogens with zero attached hydrogens (tertiary/aromatic N) is 1. The van der Waals surface area contributed by atoms with Crippen molar-refractivity contribution >= 4 is 5.97 Å². The van der Waals surface area contributed by atoms with Crippen molar-refractivity contribution in [3.05, 3.63) is 0 Å². The van der Waals surface area contributed by atoms with E-state index in [-0.39, 0.29) is 0 Å². The Hall–Kier alpha value is -0.650. The Labute approximate surface area is 129 Å². The van der Waals surface area contributed by atoms with E-state index < -0.39 is 11.5 Å². The van der Waals surface area contributed by atoms with Gasteiger partial charge in [0.25, 0.3) is 0 Å². The maximum atomic E-state index is 11.5. The number of unbranched alkanes of at least 4 members (excludes halogenated alkanes) is 1. The average Bonchev–Trinajstić information content (AvgIpc) is 3.25. The zero-order valence-electron chi connectivity index (χ0n) is 13.9. The molecular formula is C16H32N2O3. The van der Waals surface area contributed by atoms with Crippen molar-refractivity contribution in [1.29, 1.82) is 0 Å². The quantitative estimate of drug-likeness (QED) is 0.510. The van der Waals surface area contributed by atoms with E-state index in [1.165, 1.54) is 0 Å². The summed E-state index contributed by atoms with van der Waals surface area (Å²) in [7, 11) is 0. The lowest BCUT2D eigenvalue weighted by molar-refractivity contribution is -0.144. The van der Waals surface area contributed by atoms with Crippen molar-refractivity contribution < 1.29 is 14.6 Å². The van der Waals surface area contributed by atoms with E-state index in [0.717, 1.165) is 58.5 Å². The van der Waals surface area contributed by atoms with E-state index in [0.29, 0.717) is 12.5 Å². The van der Waals surface area contributed by atoms with Crippen LogP contribution in [-0.2, 0) is 9.53 Å². The maximum absolute atomic E-state index is 11.5. The number of carbonyl (C=O) groups is 1. The molecule has 0 radical (unpaired) electrons. The zero-order valence-corrected chi connectivity index (χ0v) is 13.9. The highest BCUT2D eigenvalue weighted by Gasteiger charge is 2.37. The molecule has 21 heavy (non-hydrogen) atoms. The van der Waals surface area contributed by atoms with E-state index >= 15 is 0 Å². The summed E-state index contributed by atoms with van der Waals surface area (Å²) >= 11 is 0. The topological polar surface area (TPSA) is 61.8 Å². The lowest BCUT2D eigenvalue weighted by Crippen LogP contribution is -2.50. The highest BCUT2D eigenvalue weighted by Crippen LogP contribution is 2.25. The second kappa shape index (κ2) is 9.38. The third-order valence-corrected chi connectivity index (χ3v) is 4.18. The summed E-state index contributed by atoms with van der Waals surface area (Å²) in [6.07, 6.45) is 4.90. The van der Waals surface area contributed by atoms with Crippen molar-refractivity contribution in [3.8, 4) is 0 Å². The summed E-state index contributed by atoms with van der Waals surface area (Å²) in [6.45, 7) is 10.5.